The van der Waals surface area contributed by atoms with E-state index in [9.17, 15) is 9.59 Å². The number of hydrogen-bond donors (Lipinski definition) is 1. The highest BCUT2D eigenvalue weighted by atomic mass is 16.5. The standard InChI is InChI=1S/C22H24N2O3/c1-3-27-22(26)20(14-16-8-6-7-15(2)13-16)24-23-19-12-11-17-9-4-5-10-18(17)21(19)25/h4-10,13,19,23H,3,11-12,14H2,1-2H3/b24-20-/t19-/m0/s1. The molecule has 1 N–H and O–H groups in total. The fraction of sp³-hybridized carbons (Fsp3) is 0.318. The third-order valence-corrected chi connectivity index (χ3v) is 4.62. The number of ether oxygens (including phenoxy) is 1. The first-order chi connectivity index (χ1) is 13.1. The van der Waals surface area contributed by atoms with Gasteiger partial charge in [0.25, 0.3) is 0 Å². The number of nitrogens with zero attached hydrogens (tertiary/aromatic N) is 1. The lowest BCUT2D eigenvalue weighted by Gasteiger charge is -2.23. The summed E-state index contributed by atoms with van der Waals surface area (Å²) in [5.74, 6) is -0.450. The molecule has 0 saturated carbocycles. The fourth-order valence-electron chi connectivity index (χ4n) is 3.26. The van der Waals surface area contributed by atoms with E-state index in [2.05, 4.69) is 10.5 Å². The Morgan fingerprint density at radius 3 is 2.81 bits per heavy atom. The maximum Gasteiger partial charge on any atom is 0.354 e. The SMILES string of the molecule is CCOC(=O)/C(Cc1cccc(C)c1)=N\N[C@H]1CCc2ccccc2C1=O. The van der Waals surface area contributed by atoms with Crippen LogP contribution in [-0.2, 0) is 22.4 Å². The van der Waals surface area contributed by atoms with Crippen LogP contribution in [0, 0.1) is 6.92 Å². The van der Waals surface area contributed by atoms with Crippen molar-refractivity contribution < 1.29 is 14.3 Å². The highest BCUT2D eigenvalue weighted by Gasteiger charge is 2.27. The zero-order valence-corrected chi connectivity index (χ0v) is 15.7. The van der Waals surface area contributed by atoms with Crippen LogP contribution in [0.4, 0.5) is 0 Å². The van der Waals surface area contributed by atoms with E-state index in [4.69, 9.17) is 4.74 Å². The van der Waals surface area contributed by atoms with Crippen LogP contribution in [0.5, 0.6) is 0 Å². The Balaban J connectivity index is 1.77. The van der Waals surface area contributed by atoms with E-state index in [1.807, 2.05) is 55.5 Å². The number of benzene rings is 2. The van der Waals surface area contributed by atoms with Crippen molar-refractivity contribution in [3.8, 4) is 0 Å². The molecule has 1 aliphatic rings. The first-order valence-corrected chi connectivity index (χ1v) is 9.25. The van der Waals surface area contributed by atoms with Gasteiger partial charge in [-0.05, 0) is 37.8 Å². The Kier molecular flexibility index (Phi) is 6.01. The first-order valence-electron chi connectivity index (χ1n) is 9.25. The Hall–Kier alpha value is -2.95. The van der Waals surface area contributed by atoms with Gasteiger partial charge in [0, 0.05) is 12.0 Å². The molecule has 0 heterocycles. The van der Waals surface area contributed by atoms with Crippen molar-refractivity contribution in [1.82, 2.24) is 5.43 Å². The number of esters is 1. The number of hydrogen-bond acceptors (Lipinski definition) is 5. The van der Waals surface area contributed by atoms with E-state index >= 15 is 0 Å². The molecule has 2 aromatic carbocycles. The first kappa shape index (κ1) is 18.8. The minimum absolute atomic E-state index is 0.0133. The van der Waals surface area contributed by atoms with E-state index in [1.54, 1.807) is 6.92 Å². The maximum atomic E-state index is 12.7. The molecule has 0 spiro atoms. The summed E-state index contributed by atoms with van der Waals surface area (Å²) >= 11 is 0. The van der Waals surface area contributed by atoms with Crippen molar-refractivity contribution in [2.45, 2.75) is 39.2 Å². The second kappa shape index (κ2) is 8.62. The van der Waals surface area contributed by atoms with Crippen LogP contribution in [0.2, 0.25) is 0 Å². The number of nitrogens with one attached hydrogen (secondary N) is 1. The van der Waals surface area contributed by atoms with Gasteiger partial charge in [-0.15, -0.1) is 0 Å². The number of aryl methyl sites for hydroxylation is 2. The lowest BCUT2D eigenvalue weighted by molar-refractivity contribution is -0.135. The number of ketones is 1. The van der Waals surface area contributed by atoms with E-state index in [0.29, 0.717) is 12.8 Å². The molecule has 0 amide bonds. The molecule has 0 aliphatic heterocycles. The normalized spacial score (nSPS) is 16.6. The summed E-state index contributed by atoms with van der Waals surface area (Å²) < 4.78 is 5.13. The summed E-state index contributed by atoms with van der Waals surface area (Å²) in [4.78, 5) is 25.0. The minimum atomic E-state index is -0.463. The molecule has 0 bridgehead atoms. The minimum Gasteiger partial charge on any atom is -0.461 e. The van der Waals surface area contributed by atoms with Crippen molar-refractivity contribution >= 4 is 17.5 Å². The van der Waals surface area contributed by atoms with Gasteiger partial charge in [-0.2, -0.15) is 5.10 Å². The van der Waals surface area contributed by atoms with Gasteiger partial charge in [0.2, 0.25) is 0 Å². The zero-order valence-electron chi connectivity index (χ0n) is 15.7. The van der Waals surface area contributed by atoms with Crippen molar-refractivity contribution in [2.24, 2.45) is 5.10 Å². The second-order valence-electron chi connectivity index (χ2n) is 6.69. The lowest BCUT2D eigenvalue weighted by Crippen LogP contribution is -2.39. The molecule has 1 aliphatic carbocycles. The molecule has 140 valence electrons. The van der Waals surface area contributed by atoms with E-state index in [-0.39, 0.29) is 18.1 Å². The number of Topliss-reactive ketones (excluding diaryl/α,β-unsaturated/α-hetero) is 1. The predicted molar refractivity (Wildman–Crippen MR) is 105 cm³/mol. The molecule has 0 aromatic heterocycles. The largest absolute Gasteiger partial charge is 0.461 e. The smallest absolute Gasteiger partial charge is 0.354 e. The van der Waals surface area contributed by atoms with Crippen LogP contribution < -0.4 is 5.43 Å². The quantitative estimate of drug-likeness (QED) is 0.485. The summed E-state index contributed by atoms with van der Waals surface area (Å²) in [6.07, 6.45) is 1.81. The molecular formula is C22H24N2O3. The van der Waals surface area contributed by atoms with E-state index in [1.165, 1.54) is 0 Å². The van der Waals surface area contributed by atoms with Gasteiger partial charge in [0.1, 0.15) is 11.8 Å². The van der Waals surface area contributed by atoms with E-state index in [0.717, 1.165) is 28.7 Å². The lowest BCUT2D eigenvalue weighted by atomic mass is 9.87. The zero-order chi connectivity index (χ0) is 19.2. The highest BCUT2D eigenvalue weighted by molar-refractivity contribution is 6.36. The van der Waals surface area contributed by atoms with Crippen LogP contribution >= 0.6 is 0 Å². The van der Waals surface area contributed by atoms with Crippen molar-refractivity contribution in [3.63, 3.8) is 0 Å². The predicted octanol–water partition coefficient (Wildman–Crippen LogP) is 3.24. The van der Waals surface area contributed by atoms with Gasteiger partial charge in [-0.1, -0.05) is 54.1 Å². The van der Waals surface area contributed by atoms with Crippen LogP contribution in [0.25, 0.3) is 0 Å². The molecule has 0 radical (unpaired) electrons. The Labute approximate surface area is 159 Å². The molecule has 27 heavy (non-hydrogen) atoms. The highest BCUT2D eigenvalue weighted by Crippen LogP contribution is 2.21. The van der Waals surface area contributed by atoms with Crippen molar-refractivity contribution in [3.05, 3.63) is 70.8 Å². The Morgan fingerprint density at radius 1 is 1.22 bits per heavy atom. The molecular weight excluding hydrogens is 340 g/mol. The number of carbonyl (C=O) groups excluding carboxylic acids is 2. The summed E-state index contributed by atoms with van der Waals surface area (Å²) in [5, 5.41) is 4.29. The van der Waals surface area contributed by atoms with Gasteiger partial charge in [-0.3, -0.25) is 10.2 Å². The van der Waals surface area contributed by atoms with Gasteiger partial charge in [0.05, 0.1) is 6.61 Å². The molecule has 1 atom stereocenters. The summed E-state index contributed by atoms with van der Waals surface area (Å²) in [6.45, 7) is 4.04. The van der Waals surface area contributed by atoms with Crippen LogP contribution in [-0.4, -0.2) is 30.1 Å². The third kappa shape index (κ3) is 4.61. The van der Waals surface area contributed by atoms with Gasteiger partial charge in [0.15, 0.2) is 5.78 Å². The maximum absolute atomic E-state index is 12.7. The Bertz CT molecular complexity index is 873. The molecule has 2 aromatic rings. The average molecular weight is 364 g/mol. The number of fused-ring (bicyclic) bond motifs is 1. The summed E-state index contributed by atoms with van der Waals surface area (Å²) in [7, 11) is 0. The third-order valence-electron chi connectivity index (χ3n) is 4.62. The van der Waals surface area contributed by atoms with Crippen molar-refractivity contribution in [2.75, 3.05) is 6.61 Å². The van der Waals surface area contributed by atoms with Gasteiger partial charge < -0.3 is 4.74 Å². The molecule has 0 saturated heterocycles. The molecule has 5 nitrogen and oxygen atoms in total. The summed E-state index contributed by atoms with van der Waals surface area (Å²) in [5.41, 5.74) is 7.08. The number of rotatable bonds is 6. The van der Waals surface area contributed by atoms with Crippen molar-refractivity contribution in [1.29, 1.82) is 0 Å². The monoisotopic (exact) mass is 364 g/mol. The second-order valence-corrected chi connectivity index (χ2v) is 6.69. The average Bonchev–Trinajstić information content (AvgIpc) is 2.67. The van der Waals surface area contributed by atoms with Gasteiger partial charge >= 0.3 is 5.97 Å². The van der Waals surface area contributed by atoms with Crippen LogP contribution in [0.15, 0.2) is 53.6 Å². The summed E-state index contributed by atoms with van der Waals surface area (Å²) in [6, 6.07) is 15.1. The van der Waals surface area contributed by atoms with E-state index < -0.39 is 12.0 Å². The fourth-order valence-corrected chi connectivity index (χ4v) is 3.26. The molecule has 0 unspecified atom stereocenters. The molecule has 3 rings (SSSR count). The molecule has 5 heteroatoms. The molecule has 0 fully saturated rings. The van der Waals surface area contributed by atoms with Crippen LogP contribution in [0.1, 0.15) is 40.4 Å². The van der Waals surface area contributed by atoms with Gasteiger partial charge in [-0.25, -0.2) is 4.79 Å². The number of carbonyl (C=O) groups is 2. The topological polar surface area (TPSA) is 67.8 Å². The van der Waals surface area contributed by atoms with Crippen LogP contribution in [0.3, 0.4) is 0 Å². The number of hydrazone groups is 1. The Morgan fingerprint density at radius 2 is 2.04 bits per heavy atom.